The number of nitrogens with zero attached hydrogens (tertiary/aromatic N) is 3. The summed E-state index contributed by atoms with van der Waals surface area (Å²) in [6.07, 6.45) is 3.73. The molecule has 1 aliphatic rings. The molecule has 2 aromatic rings. The van der Waals surface area contributed by atoms with Crippen LogP contribution in [0.3, 0.4) is 0 Å². The lowest BCUT2D eigenvalue weighted by molar-refractivity contribution is 0.417. The molecule has 0 aliphatic carbocycles. The average Bonchev–Trinajstić information content (AvgIpc) is 2.55. The fourth-order valence-corrected chi connectivity index (χ4v) is 2.96. The number of aromatic nitrogens is 2. The highest BCUT2D eigenvalue weighted by molar-refractivity contribution is 6.31. The summed E-state index contributed by atoms with van der Waals surface area (Å²) in [5.74, 6) is 2.24. The van der Waals surface area contributed by atoms with Gasteiger partial charge in [0.1, 0.15) is 11.6 Å². The van der Waals surface area contributed by atoms with Crippen LogP contribution in [0.5, 0.6) is 5.75 Å². The van der Waals surface area contributed by atoms with Crippen LogP contribution in [0.2, 0.25) is 5.02 Å². The number of halogens is 1. The lowest BCUT2D eigenvalue weighted by Gasteiger charge is -2.28. The highest BCUT2D eigenvalue weighted by atomic mass is 35.5. The predicted molar refractivity (Wildman–Crippen MR) is 94.1 cm³/mol. The van der Waals surface area contributed by atoms with Crippen molar-refractivity contribution in [1.29, 1.82) is 0 Å². The van der Waals surface area contributed by atoms with Crippen LogP contribution in [-0.4, -0.2) is 30.2 Å². The number of piperidine rings is 1. The minimum absolute atomic E-state index is 0.561. The monoisotopic (exact) mass is 332 g/mol. The number of aryl methyl sites for hydroxylation is 1. The summed E-state index contributed by atoms with van der Waals surface area (Å²) in [4.78, 5) is 11.5. The molecule has 0 saturated carbocycles. The molecule has 6 heteroatoms. The third-order valence-electron chi connectivity index (χ3n) is 3.93. The van der Waals surface area contributed by atoms with E-state index in [1.807, 2.05) is 25.1 Å². The summed E-state index contributed by atoms with van der Waals surface area (Å²) in [6.45, 7) is 4.09. The van der Waals surface area contributed by atoms with Gasteiger partial charge in [-0.25, -0.2) is 4.98 Å². The van der Waals surface area contributed by atoms with Crippen molar-refractivity contribution >= 4 is 29.1 Å². The number of anilines is 3. The summed E-state index contributed by atoms with van der Waals surface area (Å²) < 4.78 is 5.36. The van der Waals surface area contributed by atoms with E-state index in [2.05, 4.69) is 20.2 Å². The summed E-state index contributed by atoms with van der Waals surface area (Å²) in [5.41, 5.74) is 1.69. The summed E-state index contributed by atoms with van der Waals surface area (Å²) in [5, 5.41) is 3.86. The van der Waals surface area contributed by atoms with Crippen LogP contribution >= 0.6 is 11.6 Å². The first-order valence-corrected chi connectivity index (χ1v) is 8.25. The Hall–Kier alpha value is -2.01. The maximum Gasteiger partial charge on any atom is 0.229 e. The van der Waals surface area contributed by atoms with Gasteiger partial charge in [-0.15, -0.1) is 0 Å². The van der Waals surface area contributed by atoms with Gasteiger partial charge in [-0.05, 0) is 44.4 Å². The van der Waals surface area contributed by atoms with Crippen molar-refractivity contribution in [3.05, 3.63) is 35.0 Å². The first-order chi connectivity index (χ1) is 11.2. The Morgan fingerprint density at radius 1 is 1.13 bits per heavy atom. The third kappa shape index (κ3) is 3.85. The number of ether oxygens (including phenoxy) is 1. The number of methoxy groups -OCH3 is 1. The molecule has 1 aromatic carbocycles. The third-order valence-corrected chi connectivity index (χ3v) is 4.16. The molecular weight excluding hydrogens is 312 g/mol. The second-order valence-electron chi connectivity index (χ2n) is 5.71. The van der Waals surface area contributed by atoms with Crippen molar-refractivity contribution in [2.45, 2.75) is 26.2 Å². The van der Waals surface area contributed by atoms with E-state index in [1.165, 1.54) is 19.3 Å². The molecule has 0 bridgehead atoms. The maximum absolute atomic E-state index is 6.08. The van der Waals surface area contributed by atoms with Gasteiger partial charge < -0.3 is 15.0 Å². The summed E-state index contributed by atoms with van der Waals surface area (Å²) in [6, 6.07) is 7.46. The van der Waals surface area contributed by atoms with Crippen LogP contribution in [-0.2, 0) is 0 Å². The number of nitrogens with one attached hydrogen (secondary N) is 1. The molecule has 0 amide bonds. The van der Waals surface area contributed by atoms with Crippen LogP contribution in [0, 0.1) is 6.92 Å². The van der Waals surface area contributed by atoms with Crippen LogP contribution in [0.1, 0.15) is 25.0 Å². The van der Waals surface area contributed by atoms with Gasteiger partial charge in [0, 0.05) is 29.9 Å². The van der Waals surface area contributed by atoms with Gasteiger partial charge in [0.25, 0.3) is 0 Å². The van der Waals surface area contributed by atoms with Crippen LogP contribution in [0.25, 0.3) is 0 Å². The maximum atomic E-state index is 6.08. The van der Waals surface area contributed by atoms with Gasteiger partial charge >= 0.3 is 0 Å². The van der Waals surface area contributed by atoms with Crippen molar-refractivity contribution in [3.63, 3.8) is 0 Å². The van der Waals surface area contributed by atoms with E-state index in [-0.39, 0.29) is 0 Å². The second-order valence-corrected chi connectivity index (χ2v) is 6.14. The van der Waals surface area contributed by atoms with E-state index in [9.17, 15) is 0 Å². The molecular formula is C17H21ClN4O. The van der Waals surface area contributed by atoms with Gasteiger partial charge in [0.2, 0.25) is 5.95 Å². The van der Waals surface area contributed by atoms with Crippen LogP contribution < -0.4 is 15.0 Å². The zero-order valence-electron chi connectivity index (χ0n) is 13.5. The van der Waals surface area contributed by atoms with Crippen molar-refractivity contribution in [3.8, 4) is 5.75 Å². The fourth-order valence-electron chi connectivity index (χ4n) is 2.79. The Labute approximate surface area is 141 Å². The molecule has 0 spiro atoms. The molecule has 1 N–H and O–H groups in total. The Kier molecular flexibility index (Phi) is 4.86. The quantitative estimate of drug-likeness (QED) is 0.910. The van der Waals surface area contributed by atoms with Gasteiger partial charge in [-0.1, -0.05) is 11.6 Å². The first kappa shape index (κ1) is 15.9. The number of hydrogen-bond acceptors (Lipinski definition) is 5. The highest BCUT2D eigenvalue weighted by Gasteiger charge is 2.14. The fraction of sp³-hybridized carbons (Fsp3) is 0.412. The smallest absolute Gasteiger partial charge is 0.229 e. The predicted octanol–water partition coefficient (Wildman–Crippen LogP) is 4.18. The molecule has 1 aliphatic heterocycles. The number of hydrogen-bond donors (Lipinski definition) is 1. The molecule has 1 saturated heterocycles. The molecule has 0 radical (unpaired) electrons. The molecule has 5 nitrogen and oxygen atoms in total. The Balaban J connectivity index is 1.88. The van der Waals surface area contributed by atoms with E-state index in [0.29, 0.717) is 16.7 Å². The van der Waals surface area contributed by atoms with Crippen molar-refractivity contribution in [2.75, 3.05) is 30.4 Å². The van der Waals surface area contributed by atoms with Crippen molar-refractivity contribution in [1.82, 2.24) is 9.97 Å². The summed E-state index contributed by atoms with van der Waals surface area (Å²) in [7, 11) is 1.63. The molecule has 122 valence electrons. The van der Waals surface area contributed by atoms with E-state index in [0.717, 1.165) is 30.3 Å². The van der Waals surface area contributed by atoms with Crippen molar-refractivity contribution in [2.24, 2.45) is 0 Å². The molecule has 23 heavy (non-hydrogen) atoms. The zero-order valence-corrected chi connectivity index (χ0v) is 14.2. The Bertz CT molecular complexity index is 686. The standard InChI is InChI=1S/C17H21ClN4O/c1-12-10-16(22-8-4-3-5-9-22)21-17(19-12)20-14-11-13(18)6-7-15(14)23-2/h6-7,10-11H,3-5,8-9H2,1-2H3,(H,19,20,21). The zero-order chi connectivity index (χ0) is 16.2. The SMILES string of the molecule is COc1ccc(Cl)cc1Nc1nc(C)cc(N2CCCCC2)n1. The minimum Gasteiger partial charge on any atom is -0.495 e. The number of rotatable bonds is 4. The largest absolute Gasteiger partial charge is 0.495 e. The topological polar surface area (TPSA) is 50.3 Å². The Morgan fingerprint density at radius 3 is 2.65 bits per heavy atom. The van der Waals surface area contributed by atoms with E-state index in [4.69, 9.17) is 16.3 Å². The van der Waals surface area contributed by atoms with Crippen LogP contribution in [0.4, 0.5) is 17.5 Å². The van der Waals surface area contributed by atoms with E-state index < -0.39 is 0 Å². The Morgan fingerprint density at radius 2 is 1.91 bits per heavy atom. The first-order valence-electron chi connectivity index (χ1n) is 7.87. The normalized spacial score (nSPS) is 14.7. The van der Waals surface area contributed by atoms with Crippen molar-refractivity contribution < 1.29 is 4.74 Å². The molecule has 0 atom stereocenters. The molecule has 1 aromatic heterocycles. The van der Waals surface area contributed by atoms with Gasteiger partial charge in [-0.2, -0.15) is 4.98 Å². The molecule has 3 rings (SSSR count). The minimum atomic E-state index is 0.561. The molecule has 1 fully saturated rings. The van der Waals surface area contributed by atoms with E-state index in [1.54, 1.807) is 13.2 Å². The van der Waals surface area contributed by atoms with E-state index >= 15 is 0 Å². The molecule has 2 heterocycles. The van der Waals surface area contributed by atoms with Gasteiger partial charge in [0.05, 0.1) is 12.8 Å². The van der Waals surface area contributed by atoms with Gasteiger partial charge in [-0.3, -0.25) is 0 Å². The number of benzene rings is 1. The average molecular weight is 333 g/mol. The lowest BCUT2D eigenvalue weighted by atomic mass is 10.1. The lowest BCUT2D eigenvalue weighted by Crippen LogP contribution is -2.30. The summed E-state index contributed by atoms with van der Waals surface area (Å²) >= 11 is 6.08. The molecule has 0 unspecified atom stereocenters. The highest BCUT2D eigenvalue weighted by Crippen LogP contribution is 2.30. The van der Waals surface area contributed by atoms with Gasteiger partial charge in [0.15, 0.2) is 0 Å². The second kappa shape index (κ2) is 7.04. The van der Waals surface area contributed by atoms with Crippen LogP contribution in [0.15, 0.2) is 24.3 Å².